The van der Waals surface area contributed by atoms with Crippen LogP contribution in [0.2, 0.25) is 0 Å². The van der Waals surface area contributed by atoms with Crippen LogP contribution in [0.25, 0.3) is 27.8 Å². The van der Waals surface area contributed by atoms with Crippen LogP contribution in [0.15, 0.2) is 70.5 Å². The molecule has 0 radical (unpaired) electrons. The molecule has 4 aromatic heterocycles. The Morgan fingerprint density at radius 3 is 2.32 bits per heavy atom. The third-order valence-electron chi connectivity index (χ3n) is 16.9. The number of imidazole rings is 1. The quantitative estimate of drug-likeness (QED) is 0.152. The van der Waals surface area contributed by atoms with E-state index in [1.54, 1.807) is 20.2 Å². The molecule has 18 heteroatoms. The summed E-state index contributed by atoms with van der Waals surface area (Å²) in [4.78, 5) is 79.3. The Morgan fingerprint density at radius 1 is 0.795 bits per heavy atom. The van der Waals surface area contributed by atoms with E-state index in [1.165, 1.54) is 12.1 Å². The Balaban J connectivity index is 0.624. The molecule has 0 unspecified atom stereocenters. The molecule has 2 N–H and O–H groups in total. The van der Waals surface area contributed by atoms with E-state index >= 15 is 8.78 Å². The molecule has 73 heavy (non-hydrogen) atoms. The Labute approximate surface area is 421 Å². The van der Waals surface area contributed by atoms with E-state index in [4.69, 9.17) is 0 Å². The number of amides is 3. The minimum Gasteiger partial charge on any atom is -0.384 e. The molecule has 16 nitrogen and oxygen atoms in total. The number of carbonyl (C=O) groups excluding carboxylic acids is 3. The first-order valence-corrected chi connectivity index (χ1v) is 26.3. The van der Waals surface area contributed by atoms with E-state index in [1.807, 2.05) is 36.0 Å². The number of hydrogen-bond donors (Lipinski definition) is 2. The molecule has 4 saturated heterocycles. The van der Waals surface area contributed by atoms with Crippen molar-refractivity contribution in [2.45, 2.75) is 102 Å². The van der Waals surface area contributed by atoms with Gasteiger partial charge in [-0.25, -0.2) is 18.6 Å². The summed E-state index contributed by atoms with van der Waals surface area (Å²) in [6, 6.07) is 14.3. The van der Waals surface area contributed by atoms with Crippen LogP contribution < -0.4 is 21.9 Å². The van der Waals surface area contributed by atoms with Gasteiger partial charge in [0.15, 0.2) is 0 Å². The van der Waals surface area contributed by atoms with Gasteiger partial charge in [0.25, 0.3) is 11.5 Å². The van der Waals surface area contributed by atoms with Crippen LogP contribution in [-0.4, -0.2) is 126 Å². The predicted molar refractivity (Wildman–Crippen MR) is 273 cm³/mol. The number of rotatable bonds is 11. The topological polar surface area (TPSA) is 155 Å². The lowest BCUT2D eigenvalue weighted by molar-refractivity contribution is -0.135. The van der Waals surface area contributed by atoms with Gasteiger partial charge in [-0.05, 0) is 131 Å². The van der Waals surface area contributed by atoms with E-state index < -0.39 is 23.6 Å². The average Bonchev–Trinajstić information content (AvgIpc) is 3.89. The predicted octanol–water partition coefficient (Wildman–Crippen LogP) is 5.84. The molecule has 1 saturated carbocycles. The van der Waals surface area contributed by atoms with Crippen LogP contribution in [0, 0.1) is 17.6 Å². The van der Waals surface area contributed by atoms with Crippen LogP contribution in [-0.2, 0) is 36.1 Å². The number of carbonyl (C=O) groups is 3. The molecule has 9 heterocycles. The zero-order valence-corrected chi connectivity index (χ0v) is 41.6. The highest BCUT2D eigenvalue weighted by Gasteiger charge is 2.36. The van der Waals surface area contributed by atoms with Gasteiger partial charge in [0.2, 0.25) is 11.8 Å². The largest absolute Gasteiger partial charge is 0.384 e. The molecule has 6 aromatic rings. The number of pyridine rings is 2. The van der Waals surface area contributed by atoms with Crippen LogP contribution in [0.5, 0.6) is 0 Å². The van der Waals surface area contributed by atoms with Crippen molar-refractivity contribution >= 4 is 45.5 Å². The van der Waals surface area contributed by atoms with Crippen LogP contribution in [0.1, 0.15) is 109 Å². The lowest BCUT2D eigenvalue weighted by Crippen LogP contribution is -2.53. The molecule has 2 atom stereocenters. The third-order valence-corrected chi connectivity index (χ3v) is 16.9. The van der Waals surface area contributed by atoms with Crippen LogP contribution >= 0.6 is 0 Å². The number of aryl methyl sites for hydroxylation is 1. The molecular weight excluding hydrogens is 933 g/mol. The van der Waals surface area contributed by atoms with Crippen molar-refractivity contribution in [3.05, 3.63) is 121 Å². The highest BCUT2D eigenvalue weighted by atomic mass is 19.1. The zero-order chi connectivity index (χ0) is 50.2. The number of piperazine rings is 1. The van der Waals surface area contributed by atoms with Gasteiger partial charge in [0.05, 0.1) is 16.7 Å². The van der Waals surface area contributed by atoms with Gasteiger partial charge in [-0.3, -0.25) is 52.9 Å². The number of nitrogens with zero attached hydrogens (tertiary/aromatic N) is 9. The number of nitrogens with one attached hydrogen (secondary N) is 2. The minimum absolute atomic E-state index is 0.0230. The maximum absolute atomic E-state index is 15.9. The molecule has 382 valence electrons. The zero-order valence-electron chi connectivity index (χ0n) is 41.6. The molecular formula is C55H63F2N11O5. The number of benzene rings is 2. The number of piperidine rings is 3. The monoisotopic (exact) mass is 995 g/mol. The molecule has 2 aromatic carbocycles. The fourth-order valence-corrected chi connectivity index (χ4v) is 12.7. The van der Waals surface area contributed by atoms with Gasteiger partial charge in [-0.15, -0.1) is 0 Å². The fraction of sp³-hybridized carbons (Fsp3) is 0.491. The van der Waals surface area contributed by atoms with Crippen molar-refractivity contribution in [3.63, 3.8) is 0 Å². The highest BCUT2D eigenvalue weighted by molar-refractivity contribution is 6.00. The van der Waals surface area contributed by atoms with Crippen molar-refractivity contribution < 1.29 is 23.2 Å². The van der Waals surface area contributed by atoms with Crippen LogP contribution in [0.4, 0.5) is 14.5 Å². The summed E-state index contributed by atoms with van der Waals surface area (Å²) in [5.41, 5.74) is 6.91. The number of halogens is 2. The Morgan fingerprint density at radius 2 is 1.58 bits per heavy atom. The molecule has 6 aliphatic rings. The van der Waals surface area contributed by atoms with Gasteiger partial charge in [-0.2, -0.15) is 0 Å². The number of fused-ring (bicyclic) bond motifs is 3. The smallest absolute Gasteiger partial charge is 0.330 e. The fourth-order valence-electron chi connectivity index (χ4n) is 12.7. The molecule has 5 fully saturated rings. The summed E-state index contributed by atoms with van der Waals surface area (Å²) in [5, 5.41) is 6.58. The SMILES string of the molecule is C[C@H]1CN(Cc2ccc3c(c2)n(C2CC2)c(=O)n3[C@@H]2CCC(=O)NC2=O)CCN1CC1CCN(C(=O)c2cc(F)c(C3CCN(Cc4cc5c(-n6ccc7c(c6=O)CCN7)ccnc5n4C)CC3)c(F)c2)CC1. The van der Waals surface area contributed by atoms with E-state index in [0.29, 0.717) is 70.4 Å². The van der Waals surface area contributed by atoms with E-state index in [0.717, 1.165) is 115 Å². The first-order chi connectivity index (χ1) is 35.4. The summed E-state index contributed by atoms with van der Waals surface area (Å²) < 4.78 is 39.1. The number of hydrogen-bond acceptors (Lipinski definition) is 10. The molecule has 5 aliphatic heterocycles. The summed E-state index contributed by atoms with van der Waals surface area (Å²) in [6.45, 7) is 10.4. The van der Waals surface area contributed by atoms with Gasteiger partial charge in [-0.1, -0.05) is 6.07 Å². The number of imide groups is 1. The van der Waals surface area contributed by atoms with Gasteiger partial charge < -0.3 is 14.8 Å². The summed E-state index contributed by atoms with van der Waals surface area (Å²) >= 11 is 0. The number of aromatic nitrogens is 5. The molecule has 1 aliphatic carbocycles. The van der Waals surface area contributed by atoms with Crippen molar-refractivity contribution in [1.82, 2.24) is 48.2 Å². The van der Waals surface area contributed by atoms with Crippen molar-refractivity contribution in [3.8, 4) is 5.69 Å². The Bertz CT molecular complexity index is 3280. The van der Waals surface area contributed by atoms with Crippen LogP contribution in [0.3, 0.4) is 0 Å². The number of anilines is 1. The lowest BCUT2D eigenvalue weighted by Gasteiger charge is -2.42. The summed E-state index contributed by atoms with van der Waals surface area (Å²) in [7, 11) is 1.98. The Kier molecular flexibility index (Phi) is 12.4. The molecule has 3 amide bonds. The first kappa shape index (κ1) is 47.5. The van der Waals surface area contributed by atoms with Crippen molar-refractivity contribution in [2.75, 3.05) is 64.2 Å². The highest BCUT2D eigenvalue weighted by Crippen LogP contribution is 2.38. The second kappa shape index (κ2) is 19.1. The second-order valence-corrected chi connectivity index (χ2v) is 21.6. The number of likely N-dealkylation sites (tertiary alicyclic amines) is 2. The maximum atomic E-state index is 15.9. The first-order valence-electron chi connectivity index (χ1n) is 26.3. The van der Waals surface area contributed by atoms with Gasteiger partial charge in [0.1, 0.15) is 23.3 Å². The summed E-state index contributed by atoms with van der Waals surface area (Å²) in [6.07, 6.45) is 9.45. The maximum Gasteiger partial charge on any atom is 0.330 e. The molecule has 12 rings (SSSR count). The van der Waals surface area contributed by atoms with E-state index in [9.17, 15) is 24.0 Å². The molecule has 0 spiro atoms. The van der Waals surface area contributed by atoms with Crippen molar-refractivity contribution in [2.24, 2.45) is 13.0 Å². The lowest BCUT2D eigenvalue weighted by atomic mass is 9.87. The Hall–Kier alpha value is -6.50. The minimum atomic E-state index is -0.701. The summed E-state index contributed by atoms with van der Waals surface area (Å²) in [5.74, 6) is -2.26. The van der Waals surface area contributed by atoms with E-state index in [-0.39, 0.29) is 52.6 Å². The standard InChI is InChI=1S/C55H63F2N11O5/c1-33-29-63(30-35-3-6-46-48(25-35)67(38-4-5-38)55(73)68(46)47-7-8-49(69)60-52(47)70)23-24-65(33)31-34-11-20-64(21-12-34)53(71)37-26-42(56)50(43(57)27-37)36-13-18-62(19-14-36)32-39-28-41-45(10-17-59-51(41)61(39)2)66-22-15-44-40(54(66)72)9-16-58-44/h3,6,10,15,17,22,25-28,33-34,36,38,47,58H,4-5,7-9,11-14,16,18-21,23-24,29-32H2,1-2H3,(H,60,69,70)/t33-,47+/m0/s1. The van der Waals surface area contributed by atoms with E-state index in [2.05, 4.69) is 60.0 Å². The second-order valence-electron chi connectivity index (χ2n) is 21.6. The molecule has 0 bridgehead atoms. The third kappa shape index (κ3) is 8.88. The van der Waals surface area contributed by atoms with Gasteiger partial charge >= 0.3 is 5.69 Å². The van der Waals surface area contributed by atoms with Gasteiger partial charge in [0, 0.05) is 130 Å². The normalized spacial score (nSPS) is 21.8. The average molecular weight is 996 g/mol. The van der Waals surface area contributed by atoms with Crippen molar-refractivity contribution in [1.29, 1.82) is 0 Å².